The van der Waals surface area contributed by atoms with Crippen molar-refractivity contribution >= 4 is 5.84 Å². The first kappa shape index (κ1) is 13.4. The Hall–Kier alpha value is -1.62. The van der Waals surface area contributed by atoms with Gasteiger partial charge in [0.25, 0.3) is 0 Å². The fraction of sp³-hybridized carbons (Fsp3) is 0.500. The number of pyridine rings is 1. The van der Waals surface area contributed by atoms with Crippen molar-refractivity contribution in [2.45, 2.75) is 13.3 Å². The highest BCUT2D eigenvalue weighted by Gasteiger charge is 2.10. The van der Waals surface area contributed by atoms with Crippen molar-refractivity contribution in [3.05, 3.63) is 30.1 Å². The number of nitrogens with zero attached hydrogens (tertiary/aromatic N) is 3. The van der Waals surface area contributed by atoms with Crippen LogP contribution in [0.25, 0.3) is 0 Å². The van der Waals surface area contributed by atoms with Gasteiger partial charge in [-0.15, -0.1) is 0 Å². The fourth-order valence-electron chi connectivity index (χ4n) is 1.60. The van der Waals surface area contributed by atoms with Gasteiger partial charge in [0.2, 0.25) is 0 Å². The van der Waals surface area contributed by atoms with Gasteiger partial charge >= 0.3 is 0 Å². The van der Waals surface area contributed by atoms with Crippen LogP contribution in [-0.2, 0) is 6.42 Å². The Bertz CT molecular complexity index is 353. The summed E-state index contributed by atoms with van der Waals surface area (Å²) in [6.07, 6.45) is 2.70. The summed E-state index contributed by atoms with van der Waals surface area (Å²) >= 11 is 0. The first-order chi connectivity index (χ1) is 8.13. The lowest BCUT2D eigenvalue weighted by molar-refractivity contribution is 0.296. The van der Waals surface area contributed by atoms with Gasteiger partial charge in [0.1, 0.15) is 5.84 Å². The van der Waals surface area contributed by atoms with E-state index in [1.54, 1.807) is 6.20 Å². The highest BCUT2D eigenvalue weighted by atomic mass is 16.4. The van der Waals surface area contributed by atoms with Gasteiger partial charge in [0.15, 0.2) is 0 Å². The molecular weight excluding hydrogens is 216 g/mol. The quantitative estimate of drug-likeness (QED) is 0.333. The molecule has 0 aromatic carbocycles. The maximum absolute atomic E-state index is 8.56. The van der Waals surface area contributed by atoms with Crippen LogP contribution in [0.2, 0.25) is 0 Å². The van der Waals surface area contributed by atoms with E-state index in [2.05, 4.69) is 15.0 Å². The number of likely N-dealkylation sites (N-methyl/N-ethyl adjacent to an activating group) is 1. The van der Waals surface area contributed by atoms with E-state index in [4.69, 9.17) is 10.9 Å². The first-order valence-corrected chi connectivity index (χ1v) is 5.69. The Morgan fingerprint density at radius 2 is 2.35 bits per heavy atom. The Kier molecular flexibility index (Phi) is 5.42. The molecule has 3 N–H and O–H groups in total. The lowest BCUT2D eigenvalue weighted by atomic mass is 10.1. The number of hydrogen-bond acceptors (Lipinski definition) is 4. The average molecular weight is 236 g/mol. The molecule has 5 heteroatoms. The maximum atomic E-state index is 8.56. The van der Waals surface area contributed by atoms with Gasteiger partial charge in [-0.2, -0.15) is 0 Å². The van der Waals surface area contributed by atoms with E-state index < -0.39 is 0 Å². The molecule has 1 aromatic heterocycles. The molecule has 0 aliphatic rings. The summed E-state index contributed by atoms with van der Waals surface area (Å²) in [5.74, 6) is 0.323. The summed E-state index contributed by atoms with van der Waals surface area (Å²) in [7, 11) is 2.02. The van der Waals surface area contributed by atoms with Gasteiger partial charge in [0, 0.05) is 37.3 Å². The molecule has 0 saturated carbocycles. The zero-order valence-corrected chi connectivity index (χ0v) is 10.4. The van der Waals surface area contributed by atoms with Gasteiger partial charge in [0.05, 0.1) is 0 Å². The van der Waals surface area contributed by atoms with Gasteiger partial charge in [-0.3, -0.25) is 4.98 Å². The molecule has 0 radical (unpaired) electrons. The molecule has 94 valence electrons. The van der Waals surface area contributed by atoms with E-state index in [0.717, 1.165) is 25.2 Å². The van der Waals surface area contributed by atoms with Crippen LogP contribution in [0.15, 0.2) is 29.6 Å². The van der Waals surface area contributed by atoms with Gasteiger partial charge in [-0.05, 0) is 19.2 Å². The van der Waals surface area contributed by atoms with E-state index in [-0.39, 0.29) is 11.8 Å². The second-order valence-corrected chi connectivity index (χ2v) is 4.26. The second-order valence-electron chi connectivity index (χ2n) is 4.26. The molecule has 0 aliphatic carbocycles. The molecule has 0 saturated heterocycles. The number of nitrogens with two attached hydrogens (primary N) is 1. The lowest BCUT2D eigenvalue weighted by Crippen LogP contribution is -2.33. The number of amidine groups is 1. The van der Waals surface area contributed by atoms with Gasteiger partial charge in [-0.25, -0.2) is 0 Å². The van der Waals surface area contributed by atoms with Crippen LogP contribution < -0.4 is 5.73 Å². The molecule has 0 fully saturated rings. The van der Waals surface area contributed by atoms with Crippen LogP contribution in [0.3, 0.4) is 0 Å². The summed E-state index contributed by atoms with van der Waals surface area (Å²) in [5, 5.41) is 11.6. The number of aromatic nitrogens is 1. The Balaban J connectivity index is 2.33. The Morgan fingerprint density at radius 3 is 2.94 bits per heavy atom. The van der Waals surface area contributed by atoms with Crippen molar-refractivity contribution < 1.29 is 5.21 Å². The van der Waals surface area contributed by atoms with Crippen molar-refractivity contribution in [3.8, 4) is 0 Å². The predicted octanol–water partition coefficient (Wildman–Crippen LogP) is 0.938. The molecule has 0 aliphatic heterocycles. The van der Waals surface area contributed by atoms with E-state index in [1.807, 2.05) is 32.2 Å². The monoisotopic (exact) mass is 236 g/mol. The highest BCUT2D eigenvalue weighted by Crippen LogP contribution is 2.01. The minimum absolute atomic E-state index is 0.0498. The second kappa shape index (κ2) is 6.85. The van der Waals surface area contributed by atoms with E-state index in [9.17, 15) is 0 Å². The standard InChI is InChI=1S/C12H20N4O/c1-10(12(13)15-17)9-16(2)8-6-11-5-3-4-7-14-11/h3-5,7,10,17H,6,8-9H2,1-2H3,(H2,13,15). The molecule has 1 rings (SSSR count). The van der Waals surface area contributed by atoms with E-state index >= 15 is 0 Å². The topological polar surface area (TPSA) is 74.7 Å². The average Bonchev–Trinajstić information content (AvgIpc) is 2.36. The van der Waals surface area contributed by atoms with Crippen molar-refractivity contribution in [1.29, 1.82) is 0 Å². The van der Waals surface area contributed by atoms with Crippen LogP contribution in [0, 0.1) is 5.92 Å². The van der Waals surface area contributed by atoms with Gasteiger partial charge < -0.3 is 15.8 Å². The Morgan fingerprint density at radius 1 is 1.59 bits per heavy atom. The van der Waals surface area contributed by atoms with Crippen molar-refractivity contribution in [1.82, 2.24) is 9.88 Å². The lowest BCUT2D eigenvalue weighted by Gasteiger charge is -2.20. The zero-order chi connectivity index (χ0) is 12.7. The molecule has 1 atom stereocenters. The molecule has 1 heterocycles. The van der Waals surface area contributed by atoms with Crippen molar-refractivity contribution in [2.75, 3.05) is 20.1 Å². The molecular formula is C12H20N4O. The van der Waals surface area contributed by atoms with E-state index in [1.165, 1.54) is 0 Å². The van der Waals surface area contributed by atoms with Gasteiger partial charge in [-0.1, -0.05) is 18.1 Å². The molecule has 17 heavy (non-hydrogen) atoms. The van der Waals surface area contributed by atoms with Crippen LogP contribution in [0.4, 0.5) is 0 Å². The molecule has 0 spiro atoms. The van der Waals surface area contributed by atoms with Crippen molar-refractivity contribution in [3.63, 3.8) is 0 Å². The summed E-state index contributed by atoms with van der Waals surface area (Å²) in [6, 6.07) is 5.91. The summed E-state index contributed by atoms with van der Waals surface area (Å²) in [6.45, 7) is 3.61. The highest BCUT2D eigenvalue weighted by molar-refractivity contribution is 5.82. The number of rotatable bonds is 6. The van der Waals surface area contributed by atoms with Crippen LogP contribution in [0.5, 0.6) is 0 Å². The normalized spacial score (nSPS) is 13.9. The smallest absolute Gasteiger partial charge is 0.143 e. The molecule has 1 aromatic rings. The maximum Gasteiger partial charge on any atom is 0.143 e. The molecule has 1 unspecified atom stereocenters. The van der Waals surface area contributed by atoms with E-state index in [0.29, 0.717) is 0 Å². The summed E-state index contributed by atoms with van der Waals surface area (Å²) in [5.41, 5.74) is 6.61. The third-order valence-electron chi connectivity index (χ3n) is 2.68. The number of oxime groups is 1. The zero-order valence-electron chi connectivity index (χ0n) is 10.4. The minimum atomic E-state index is 0.0498. The third-order valence-corrected chi connectivity index (χ3v) is 2.68. The fourth-order valence-corrected chi connectivity index (χ4v) is 1.60. The van der Waals surface area contributed by atoms with Crippen molar-refractivity contribution in [2.24, 2.45) is 16.8 Å². The first-order valence-electron chi connectivity index (χ1n) is 5.69. The summed E-state index contributed by atoms with van der Waals surface area (Å²) < 4.78 is 0. The number of hydrogen-bond donors (Lipinski definition) is 2. The SMILES string of the molecule is CC(CN(C)CCc1ccccn1)/C(N)=N/O. The minimum Gasteiger partial charge on any atom is -0.409 e. The molecule has 5 nitrogen and oxygen atoms in total. The summed E-state index contributed by atoms with van der Waals surface area (Å²) in [4.78, 5) is 6.42. The van der Waals surface area contributed by atoms with Crippen LogP contribution >= 0.6 is 0 Å². The predicted molar refractivity (Wildman–Crippen MR) is 68.0 cm³/mol. The largest absolute Gasteiger partial charge is 0.409 e. The molecule has 0 bridgehead atoms. The van der Waals surface area contributed by atoms with Crippen LogP contribution in [0.1, 0.15) is 12.6 Å². The third kappa shape index (κ3) is 4.82. The molecule has 0 amide bonds. The Labute approximate surface area is 102 Å². The van der Waals surface area contributed by atoms with Crippen LogP contribution in [-0.4, -0.2) is 41.1 Å².